The van der Waals surface area contributed by atoms with E-state index in [4.69, 9.17) is 9.47 Å². The smallest absolute Gasteiger partial charge is 0.400 e. The van der Waals surface area contributed by atoms with Gasteiger partial charge < -0.3 is 9.47 Å². The Bertz CT molecular complexity index is 639. The molecule has 0 spiro atoms. The van der Waals surface area contributed by atoms with Gasteiger partial charge in [-0.2, -0.15) is 8.78 Å². The summed E-state index contributed by atoms with van der Waals surface area (Å²) in [6.07, 6.45) is 5.98. The highest BCUT2D eigenvalue weighted by Crippen LogP contribution is 2.42. The number of halogens is 3. The lowest BCUT2D eigenvalue weighted by Gasteiger charge is -2.33. The molecule has 28 heavy (non-hydrogen) atoms. The number of aryl methyl sites for hydroxylation is 1. The molecule has 158 valence electrons. The summed E-state index contributed by atoms with van der Waals surface area (Å²) in [5, 5.41) is 0. The third kappa shape index (κ3) is 5.15. The first-order chi connectivity index (χ1) is 13.4. The van der Waals surface area contributed by atoms with Gasteiger partial charge in [0.1, 0.15) is 5.75 Å². The maximum Gasteiger partial charge on any atom is 0.400 e. The summed E-state index contributed by atoms with van der Waals surface area (Å²) in [4.78, 5) is 0. The van der Waals surface area contributed by atoms with Gasteiger partial charge in [0, 0.05) is 11.6 Å². The van der Waals surface area contributed by atoms with Crippen molar-refractivity contribution >= 4 is 0 Å². The number of hydrogen-bond donors (Lipinski definition) is 0. The fraction of sp³-hybridized carbons (Fsp3) is 0.739. The molecule has 0 aromatic heterocycles. The van der Waals surface area contributed by atoms with Crippen LogP contribution in [0.4, 0.5) is 13.2 Å². The van der Waals surface area contributed by atoms with Crippen molar-refractivity contribution in [3.8, 4) is 11.5 Å². The zero-order chi connectivity index (χ0) is 20.1. The lowest BCUT2D eigenvalue weighted by Crippen LogP contribution is -2.37. The van der Waals surface area contributed by atoms with Crippen molar-refractivity contribution in [3.05, 3.63) is 23.5 Å². The minimum absolute atomic E-state index is 0.00973. The Morgan fingerprint density at radius 1 is 1.07 bits per heavy atom. The van der Waals surface area contributed by atoms with E-state index in [9.17, 15) is 13.2 Å². The fourth-order valence-corrected chi connectivity index (χ4v) is 4.51. The quantitative estimate of drug-likeness (QED) is 0.428. The zero-order valence-electron chi connectivity index (χ0n) is 17.1. The van der Waals surface area contributed by atoms with Crippen molar-refractivity contribution in [1.29, 1.82) is 0 Å². The molecule has 3 rings (SSSR count). The Morgan fingerprint density at radius 2 is 1.82 bits per heavy atom. The molecule has 1 heterocycles. The first-order valence-corrected chi connectivity index (χ1v) is 11.0. The molecule has 1 aromatic rings. The molecule has 0 saturated heterocycles. The third-order valence-corrected chi connectivity index (χ3v) is 6.40. The molecule has 2 aliphatic rings. The maximum absolute atomic E-state index is 14.6. The van der Waals surface area contributed by atoms with E-state index in [1.54, 1.807) is 0 Å². The molecule has 1 aliphatic carbocycles. The van der Waals surface area contributed by atoms with Gasteiger partial charge in [0.15, 0.2) is 11.6 Å². The lowest BCUT2D eigenvalue weighted by molar-refractivity contribution is -0.223. The summed E-state index contributed by atoms with van der Waals surface area (Å²) in [5.41, 5.74) is 0.632. The number of fused-ring (bicyclic) bond motifs is 1. The van der Waals surface area contributed by atoms with Gasteiger partial charge in [-0.15, -0.1) is 0 Å². The topological polar surface area (TPSA) is 18.5 Å². The van der Waals surface area contributed by atoms with Crippen LogP contribution >= 0.6 is 0 Å². The molecule has 1 fully saturated rings. The highest BCUT2D eigenvalue weighted by molar-refractivity contribution is 5.43. The average Bonchev–Trinajstić information content (AvgIpc) is 2.68. The van der Waals surface area contributed by atoms with Crippen LogP contribution in [0.15, 0.2) is 12.1 Å². The van der Waals surface area contributed by atoms with Crippen molar-refractivity contribution < 1.29 is 22.6 Å². The Labute approximate surface area is 166 Å². The Morgan fingerprint density at radius 3 is 2.50 bits per heavy atom. The van der Waals surface area contributed by atoms with Gasteiger partial charge >= 0.3 is 6.11 Å². The summed E-state index contributed by atoms with van der Waals surface area (Å²) in [6, 6.07) is 2.59. The normalized spacial score (nSPS) is 25.1. The van der Waals surface area contributed by atoms with Crippen molar-refractivity contribution in [2.45, 2.75) is 96.7 Å². The minimum Gasteiger partial charge on any atom is -0.487 e. The van der Waals surface area contributed by atoms with Crippen molar-refractivity contribution in [2.75, 3.05) is 0 Å². The van der Waals surface area contributed by atoms with Crippen LogP contribution in [0.2, 0.25) is 0 Å². The number of benzene rings is 1. The molecule has 1 atom stereocenters. The number of hydrogen-bond acceptors (Lipinski definition) is 2. The highest BCUT2D eigenvalue weighted by Gasteiger charge is 2.44. The molecule has 2 nitrogen and oxygen atoms in total. The van der Waals surface area contributed by atoms with Gasteiger partial charge in [0.2, 0.25) is 0 Å². The fourth-order valence-electron chi connectivity index (χ4n) is 4.51. The van der Waals surface area contributed by atoms with E-state index >= 15 is 0 Å². The summed E-state index contributed by atoms with van der Waals surface area (Å²) in [6.45, 7) is 4.25. The minimum atomic E-state index is -3.27. The van der Waals surface area contributed by atoms with Crippen LogP contribution in [0, 0.1) is 17.7 Å². The number of unbranched alkanes of at least 4 members (excludes halogenated alkanes) is 2. The molecule has 5 heteroatoms. The molecule has 0 amide bonds. The van der Waals surface area contributed by atoms with Crippen LogP contribution in [-0.2, 0) is 6.42 Å². The first kappa shape index (κ1) is 21.3. The highest BCUT2D eigenvalue weighted by atomic mass is 19.3. The Hall–Kier alpha value is -1.39. The number of rotatable bonds is 8. The molecule has 1 aliphatic heterocycles. The summed E-state index contributed by atoms with van der Waals surface area (Å²) in [7, 11) is 0. The van der Waals surface area contributed by atoms with Gasteiger partial charge in [-0.25, -0.2) is 4.39 Å². The standard InChI is InChI=1S/C23H33F3O2/c1-3-5-6-7-19-13-10-17-14-20(15-21(24)22(17)27-19)28-23(25,26)18-11-8-16(4-2)9-12-18/h14-16,18-19H,3-13H2,1-2H3. The van der Waals surface area contributed by atoms with E-state index in [1.165, 1.54) is 6.07 Å². The van der Waals surface area contributed by atoms with Gasteiger partial charge in [0.05, 0.1) is 12.0 Å². The van der Waals surface area contributed by atoms with Crippen LogP contribution in [0.5, 0.6) is 11.5 Å². The second-order valence-corrected chi connectivity index (χ2v) is 8.46. The predicted octanol–water partition coefficient (Wildman–Crippen LogP) is 7.29. The van der Waals surface area contributed by atoms with Crippen LogP contribution < -0.4 is 9.47 Å². The second-order valence-electron chi connectivity index (χ2n) is 8.46. The van der Waals surface area contributed by atoms with E-state index in [1.807, 2.05) is 0 Å². The Balaban J connectivity index is 1.64. The van der Waals surface area contributed by atoms with Gasteiger partial charge in [0.25, 0.3) is 0 Å². The lowest BCUT2D eigenvalue weighted by atomic mass is 9.80. The molecule has 0 N–H and O–H groups in total. The van der Waals surface area contributed by atoms with E-state index in [2.05, 4.69) is 13.8 Å². The second kappa shape index (κ2) is 9.41. The Kier molecular flexibility index (Phi) is 7.16. The van der Waals surface area contributed by atoms with Crippen LogP contribution in [0.1, 0.15) is 83.6 Å². The van der Waals surface area contributed by atoms with Crippen LogP contribution in [0.3, 0.4) is 0 Å². The molecule has 1 unspecified atom stereocenters. The average molecular weight is 399 g/mol. The predicted molar refractivity (Wildman–Crippen MR) is 105 cm³/mol. The largest absolute Gasteiger partial charge is 0.487 e. The van der Waals surface area contributed by atoms with Crippen molar-refractivity contribution in [1.82, 2.24) is 0 Å². The number of alkyl halides is 2. The molecule has 0 radical (unpaired) electrons. The SMILES string of the molecule is CCCCCC1CCc2cc(OC(F)(F)C3CCC(CC)CC3)cc(F)c2O1. The van der Waals surface area contributed by atoms with E-state index < -0.39 is 17.8 Å². The summed E-state index contributed by atoms with van der Waals surface area (Å²) < 4.78 is 54.7. The van der Waals surface area contributed by atoms with Crippen LogP contribution in [-0.4, -0.2) is 12.2 Å². The molecule has 1 aromatic carbocycles. The van der Waals surface area contributed by atoms with Crippen LogP contribution in [0.25, 0.3) is 0 Å². The van der Waals surface area contributed by atoms with Gasteiger partial charge in [-0.3, -0.25) is 0 Å². The first-order valence-electron chi connectivity index (χ1n) is 11.0. The molecule has 1 saturated carbocycles. The van der Waals surface area contributed by atoms with Crippen molar-refractivity contribution in [2.24, 2.45) is 11.8 Å². The van der Waals surface area contributed by atoms with E-state index in [0.29, 0.717) is 30.7 Å². The molecular formula is C23H33F3O2. The van der Waals surface area contributed by atoms with E-state index in [-0.39, 0.29) is 17.6 Å². The summed E-state index contributed by atoms with van der Waals surface area (Å²) in [5.74, 6) is -0.735. The van der Waals surface area contributed by atoms with Gasteiger partial charge in [-0.1, -0.05) is 33.1 Å². The van der Waals surface area contributed by atoms with E-state index in [0.717, 1.165) is 57.4 Å². The number of ether oxygens (including phenoxy) is 2. The monoisotopic (exact) mass is 398 g/mol. The van der Waals surface area contributed by atoms with Gasteiger partial charge in [-0.05, 0) is 63.4 Å². The van der Waals surface area contributed by atoms with Crippen molar-refractivity contribution in [3.63, 3.8) is 0 Å². The summed E-state index contributed by atoms with van der Waals surface area (Å²) >= 11 is 0. The molecular weight excluding hydrogens is 365 g/mol. The molecule has 0 bridgehead atoms. The third-order valence-electron chi connectivity index (χ3n) is 6.40. The zero-order valence-corrected chi connectivity index (χ0v) is 17.1. The maximum atomic E-state index is 14.6.